The molecule has 0 saturated carbocycles. The maximum atomic E-state index is 13.0. The summed E-state index contributed by atoms with van der Waals surface area (Å²) in [5.41, 5.74) is 4.59. The van der Waals surface area contributed by atoms with E-state index >= 15 is 0 Å². The lowest BCUT2D eigenvalue weighted by Crippen LogP contribution is -2.04. The summed E-state index contributed by atoms with van der Waals surface area (Å²) >= 11 is 0. The molecule has 0 radical (unpaired) electrons. The summed E-state index contributed by atoms with van der Waals surface area (Å²) in [7, 11) is 0. The minimum Gasteiger partial charge on any atom is -0.474 e. The van der Waals surface area contributed by atoms with Gasteiger partial charge in [-0.05, 0) is 50.5 Å². The highest BCUT2D eigenvalue weighted by molar-refractivity contribution is 5.54. The molecule has 6 heteroatoms. The molecule has 1 aromatic carbocycles. The van der Waals surface area contributed by atoms with E-state index in [-0.39, 0.29) is 19.0 Å². The van der Waals surface area contributed by atoms with Gasteiger partial charge in [-0.3, -0.25) is 0 Å². The van der Waals surface area contributed by atoms with Crippen molar-refractivity contribution in [3.05, 3.63) is 58.7 Å². The number of benzene rings is 1. The minimum absolute atomic E-state index is 0.0727. The van der Waals surface area contributed by atoms with E-state index in [9.17, 15) is 4.39 Å². The number of aryl methyl sites for hydroxylation is 4. The second-order valence-electron chi connectivity index (χ2n) is 5.76. The second kappa shape index (κ2) is 6.97. The Morgan fingerprint density at radius 3 is 2.62 bits per heavy atom. The fourth-order valence-electron chi connectivity index (χ4n) is 2.74. The summed E-state index contributed by atoms with van der Waals surface area (Å²) < 4.78 is 20.4. The lowest BCUT2D eigenvalue weighted by molar-refractivity contribution is 0.195. The SMILES string of the molecule is Cc1cc(C)n2nc(OCCO)c(CCc3ccc(F)cc3)c2n1. The molecule has 5 nitrogen and oxygen atoms in total. The fourth-order valence-corrected chi connectivity index (χ4v) is 2.74. The van der Waals surface area contributed by atoms with E-state index in [0.29, 0.717) is 12.3 Å². The van der Waals surface area contributed by atoms with E-state index in [1.807, 2.05) is 19.9 Å². The molecule has 0 fully saturated rings. The number of hydrogen-bond acceptors (Lipinski definition) is 4. The average Bonchev–Trinajstić information content (AvgIpc) is 2.90. The number of fused-ring (bicyclic) bond motifs is 1. The molecule has 0 saturated heterocycles. The van der Waals surface area contributed by atoms with Gasteiger partial charge in [0.1, 0.15) is 12.4 Å². The summed E-state index contributed by atoms with van der Waals surface area (Å²) in [5, 5.41) is 13.5. The summed E-state index contributed by atoms with van der Waals surface area (Å²) in [6.45, 7) is 4.02. The Bertz CT molecular complexity index is 844. The van der Waals surface area contributed by atoms with Crippen molar-refractivity contribution >= 4 is 5.65 Å². The van der Waals surface area contributed by atoms with E-state index < -0.39 is 0 Å². The van der Waals surface area contributed by atoms with Crippen LogP contribution in [-0.4, -0.2) is 32.9 Å². The van der Waals surface area contributed by atoms with Crippen LogP contribution in [0.25, 0.3) is 5.65 Å². The molecule has 126 valence electrons. The first-order chi connectivity index (χ1) is 11.6. The Kier molecular flexibility index (Phi) is 4.76. The lowest BCUT2D eigenvalue weighted by atomic mass is 10.1. The largest absolute Gasteiger partial charge is 0.474 e. The molecule has 3 rings (SSSR count). The van der Waals surface area contributed by atoms with Crippen LogP contribution >= 0.6 is 0 Å². The summed E-state index contributed by atoms with van der Waals surface area (Å²) in [6.07, 6.45) is 1.40. The topological polar surface area (TPSA) is 59.7 Å². The van der Waals surface area contributed by atoms with Gasteiger partial charge >= 0.3 is 0 Å². The first-order valence-corrected chi connectivity index (χ1v) is 7.92. The van der Waals surface area contributed by atoms with Gasteiger partial charge in [0.05, 0.1) is 12.2 Å². The van der Waals surface area contributed by atoms with Gasteiger partial charge in [-0.15, -0.1) is 5.10 Å². The van der Waals surface area contributed by atoms with Crippen LogP contribution < -0.4 is 4.74 Å². The molecule has 0 amide bonds. The summed E-state index contributed by atoms with van der Waals surface area (Å²) in [4.78, 5) is 4.59. The van der Waals surface area contributed by atoms with Crippen LogP contribution in [0.5, 0.6) is 5.88 Å². The summed E-state index contributed by atoms with van der Waals surface area (Å²) in [5.74, 6) is 0.252. The zero-order chi connectivity index (χ0) is 17.1. The summed E-state index contributed by atoms with van der Waals surface area (Å²) in [6, 6.07) is 8.43. The van der Waals surface area contributed by atoms with E-state index in [1.165, 1.54) is 12.1 Å². The van der Waals surface area contributed by atoms with Gasteiger partial charge in [0, 0.05) is 11.4 Å². The third kappa shape index (κ3) is 3.38. The van der Waals surface area contributed by atoms with E-state index in [2.05, 4.69) is 10.1 Å². The molecule has 0 aliphatic heterocycles. The van der Waals surface area contributed by atoms with E-state index in [0.717, 1.165) is 34.6 Å². The van der Waals surface area contributed by atoms with Gasteiger partial charge in [-0.25, -0.2) is 13.9 Å². The highest BCUT2D eigenvalue weighted by atomic mass is 19.1. The van der Waals surface area contributed by atoms with Crippen LogP contribution in [0.2, 0.25) is 0 Å². The number of ether oxygens (including phenoxy) is 1. The Balaban J connectivity index is 1.95. The number of aliphatic hydroxyl groups excluding tert-OH is 1. The average molecular weight is 329 g/mol. The van der Waals surface area contributed by atoms with Crippen molar-refractivity contribution in [2.45, 2.75) is 26.7 Å². The Morgan fingerprint density at radius 1 is 1.17 bits per heavy atom. The molecule has 0 aliphatic rings. The van der Waals surface area contributed by atoms with E-state index in [1.54, 1.807) is 16.6 Å². The van der Waals surface area contributed by atoms with Crippen molar-refractivity contribution in [3.63, 3.8) is 0 Å². The minimum atomic E-state index is -0.241. The maximum absolute atomic E-state index is 13.0. The van der Waals surface area contributed by atoms with Crippen LogP contribution in [-0.2, 0) is 12.8 Å². The molecule has 0 unspecified atom stereocenters. The number of hydrogen-bond donors (Lipinski definition) is 1. The van der Waals surface area contributed by atoms with Crippen LogP contribution in [0.15, 0.2) is 30.3 Å². The van der Waals surface area contributed by atoms with Gasteiger partial charge < -0.3 is 9.84 Å². The van der Waals surface area contributed by atoms with Gasteiger partial charge in [-0.1, -0.05) is 12.1 Å². The van der Waals surface area contributed by atoms with E-state index in [4.69, 9.17) is 9.84 Å². The number of aliphatic hydroxyl groups is 1. The number of nitrogens with zero attached hydrogens (tertiary/aromatic N) is 3. The maximum Gasteiger partial charge on any atom is 0.238 e. The highest BCUT2D eigenvalue weighted by Crippen LogP contribution is 2.25. The molecule has 0 bridgehead atoms. The monoisotopic (exact) mass is 329 g/mol. The van der Waals surface area contributed by atoms with Gasteiger partial charge in [0.2, 0.25) is 5.88 Å². The molecule has 1 N–H and O–H groups in total. The van der Waals surface area contributed by atoms with Gasteiger partial charge in [0.15, 0.2) is 5.65 Å². The van der Waals surface area contributed by atoms with Crippen LogP contribution in [0.4, 0.5) is 4.39 Å². The smallest absolute Gasteiger partial charge is 0.238 e. The molecule has 0 atom stereocenters. The predicted octanol–water partition coefficient (Wildman–Crippen LogP) is 2.64. The number of aromatic nitrogens is 3. The molecule has 2 heterocycles. The Labute approximate surface area is 139 Å². The highest BCUT2D eigenvalue weighted by Gasteiger charge is 2.17. The zero-order valence-corrected chi connectivity index (χ0v) is 13.8. The molecule has 0 aliphatic carbocycles. The van der Waals surface area contributed by atoms with Gasteiger partial charge in [0.25, 0.3) is 0 Å². The molecular weight excluding hydrogens is 309 g/mol. The van der Waals surface area contributed by atoms with Crippen LogP contribution in [0.1, 0.15) is 22.5 Å². The second-order valence-corrected chi connectivity index (χ2v) is 5.76. The van der Waals surface area contributed by atoms with Crippen molar-refractivity contribution in [2.75, 3.05) is 13.2 Å². The Hall–Kier alpha value is -2.47. The fraction of sp³-hybridized carbons (Fsp3) is 0.333. The van der Waals surface area contributed by atoms with Crippen molar-refractivity contribution in [1.29, 1.82) is 0 Å². The van der Waals surface area contributed by atoms with Crippen molar-refractivity contribution in [1.82, 2.24) is 14.6 Å². The normalized spacial score (nSPS) is 11.2. The lowest BCUT2D eigenvalue weighted by Gasteiger charge is -2.05. The first kappa shape index (κ1) is 16.4. The molecule has 2 aromatic heterocycles. The molecule has 0 spiro atoms. The third-order valence-electron chi connectivity index (χ3n) is 3.86. The third-order valence-corrected chi connectivity index (χ3v) is 3.86. The first-order valence-electron chi connectivity index (χ1n) is 7.92. The molecule has 24 heavy (non-hydrogen) atoms. The number of rotatable bonds is 6. The quantitative estimate of drug-likeness (QED) is 0.755. The van der Waals surface area contributed by atoms with Crippen LogP contribution in [0.3, 0.4) is 0 Å². The van der Waals surface area contributed by atoms with Crippen LogP contribution in [0, 0.1) is 19.7 Å². The number of halogens is 1. The standard InChI is InChI=1S/C18H20FN3O2/c1-12-11-13(2)22-17(20-12)16(18(21-22)24-10-9-23)8-5-14-3-6-15(19)7-4-14/h3-4,6-7,11,23H,5,8-10H2,1-2H3. The Morgan fingerprint density at radius 2 is 1.92 bits per heavy atom. The van der Waals surface area contributed by atoms with Crippen molar-refractivity contribution < 1.29 is 14.2 Å². The van der Waals surface area contributed by atoms with Crippen molar-refractivity contribution in [2.24, 2.45) is 0 Å². The zero-order valence-electron chi connectivity index (χ0n) is 13.8. The van der Waals surface area contributed by atoms with Gasteiger partial charge in [-0.2, -0.15) is 0 Å². The predicted molar refractivity (Wildman–Crippen MR) is 88.8 cm³/mol. The molecule has 3 aromatic rings. The molecular formula is C18H20FN3O2. The van der Waals surface area contributed by atoms with Crippen molar-refractivity contribution in [3.8, 4) is 5.88 Å².